The molecule has 0 radical (unpaired) electrons. The van der Waals surface area contributed by atoms with Crippen LogP contribution in [0, 0.1) is 19.7 Å². The van der Waals surface area contributed by atoms with E-state index in [-0.39, 0.29) is 23.9 Å². The number of aromatic nitrogens is 1. The van der Waals surface area contributed by atoms with Gasteiger partial charge in [-0.05, 0) is 50.1 Å². The molecule has 4 nitrogen and oxygen atoms in total. The van der Waals surface area contributed by atoms with E-state index in [0.29, 0.717) is 22.4 Å². The Morgan fingerprint density at radius 1 is 1.30 bits per heavy atom. The molecule has 1 aromatic carbocycles. The molecule has 23 heavy (non-hydrogen) atoms. The number of carbonyl (C=O) groups excluding carboxylic acids is 2. The van der Waals surface area contributed by atoms with Gasteiger partial charge >= 0.3 is 5.97 Å². The van der Waals surface area contributed by atoms with Gasteiger partial charge in [-0.25, -0.2) is 9.18 Å². The van der Waals surface area contributed by atoms with E-state index in [2.05, 4.69) is 4.98 Å². The first-order valence-electron chi connectivity index (χ1n) is 7.28. The minimum Gasteiger partial charge on any atom is -0.461 e. The molecule has 1 N–H and O–H groups in total. The second-order valence-corrected chi connectivity index (χ2v) is 5.10. The molecule has 0 spiro atoms. The Kier molecular flexibility index (Phi) is 5.11. The summed E-state index contributed by atoms with van der Waals surface area (Å²) >= 11 is 0. The number of aromatic amines is 1. The largest absolute Gasteiger partial charge is 0.461 e. The average Bonchev–Trinajstić information content (AvgIpc) is 2.80. The fourth-order valence-electron chi connectivity index (χ4n) is 2.39. The van der Waals surface area contributed by atoms with E-state index in [1.807, 2.05) is 0 Å². The zero-order chi connectivity index (χ0) is 17.0. The summed E-state index contributed by atoms with van der Waals surface area (Å²) in [5.41, 5.74) is 2.46. The maximum atomic E-state index is 13.1. The van der Waals surface area contributed by atoms with Gasteiger partial charge in [0.2, 0.25) is 0 Å². The van der Waals surface area contributed by atoms with Gasteiger partial charge < -0.3 is 9.72 Å². The number of H-pyrrole nitrogens is 1. The summed E-state index contributed by atoms with van der Waals surface area (Å²) < 4.78 is 18.1. The highest BCUT2D eigenvalue weighted by Crippen LogP contribution is 2.20. The van der Waals surface area contributed by atoms with Crippen LogP contribution >= 0.6 is 0 Å². The van der Waals surface area contributed by atoms with E-state index in [9.17, 15) is 14.0 Å². The van der Waals surface area contributed by atoms with Gasteiger partial charge in [0.05, 0.1) is 6.61 Å². The standard InChI is InChI=1S/C18H18FNO3/c1-4-23-18(22)17-11(2)16(12(3)20-17)15(21)9-8-13-6-5-7-14(19)10-13/h5-10,20H,4H2,1-3H3/b9-8+. The predicted octanol–water partition coefficient (Wildman–Crippen LogP) is 3.84. The molecule has 120 valence electrons. The summed E-state index contributed by atoms with van der Waals surface area (Å²) in [4.78, 5) is 27.1. The number of aryl methyl sites for hydroxylation is 1. The Balaban J connectivity index is 2.28. The molecule has 2 aromatic rings. The van der Waals surface area contributed by atoms with Crippen LogP contribution in [0.1, 0.15) is 44.6 Å². The molecule has 0 aliphatic carbocycles. The van der Waals surface area contributed by atoms with Gasteiger partial charge in [-0.3, -0.25) is 4.79 Å². The number of carbonyl (C=O) groups is 2. The number of nitrogens with one attached hydrogen (secondary N) is 1. The van der Waals surface area contributed by atoms with Gasteiger partial charge in [-0.2, -0.15) is 0 Å². The number of ketones is 1. The lowest BCUT2D eigenvalue weighted by atomic mass is 10.0. The number of rotatable bonds is 5. The first-order chi connectivity index (χ1) is 10.9. The normalized spacial score (nSPS) is 11.0. The zero-order valence-corrected chi connectivity index (χ0v) is 13.3. The van der Waals surface area contributed by atoms with E-state index in [4.69, 9.17) is 4.74 Å². The first kappa shape index (κ1) is 16.7. The van der Waals surface area contributed by atoms with Crippen LogP contribution in [0.2, 0.25) is 0 Å². The number of esters is 1. The number of allylic oxidation sites excluding steroid dienone is 1. The lowest BCUT2D eigenvalue weighted by Gasteiger charge is -2.00. The van der Waals surface area contributed by atoms with Crippen molar-refractivity contribution in [1.29, 1.82) is 0 Å². The minimum atomic E-state index is -0.485. The third-order valence-corrected chi connectivity index (χ3v) is 3.44. The lowest BCUT2D eigenvalue weighted by Crippen LogP contribution is -2.07. The monoisotopic (exact) mass is 315 g/mol. The molecule has 0 saturated carbocycles. The van der Waals surface area contributed by atoms with Crippen molar-refractivity contribution in [3.05, 3.63) is 64.2 Å². The Hall–Kier alpha value is -2.69. The van der Waals surface area contributed by atoms with Crippen LogP contribution in [0.15, 0.2) is 30.3 Å². The van der Waals surface area contributed by atoms with Crippen molar-refractivity contribution in [3.63, 3.8) is 0 Å². The lowest BCUT2D eigenvalue weighted by molar-refractivity contribution is 0.0519. The van der Waals surface area contributed by atoms with Crippen molar-refractivity contribution in [2.75, 3.05) is 6.61 Å². The molecular formula is C18H18FNO3. The maximum absolute atomic E-state index is 13.1. The van der Waals surface area contributed by atoms with Crippen molar-refractivity contribution in [2.24, 2.45) is 0 Å². The second-order valence-electron chi connectivity index (χ2n) is 5.10. The van der Waals surface area contributed by atoms with Crippen LogP contribution in [-0.4, -0.2) is 23.3 Å². The van der Waals surface area contributed by atoms with Crippen molar-refractivity contribution in [1.82, 2.24) is 4.98 Å². The maximum Gasteiger partial charge on any atom is 0.355 e. The van der Waals surface area contributed by atoms with Gasteiger partial charge in [0.15, 0.2) is 5.78 Å². The highest BCUT2D eigenvalue weighted by atomic mass is 19.1. The topological polar surface area (TPSA) is 59.2 Å². The summed E-state index contributed by atoms with van der Waals surface area (Å²) in [5, 5.41) is 0. The summed E-state index contributed by atoms with van der Waals surface area (Å²) in [6.07, 6.45) is 2.91. The zero-order valence-electron chi connectivity index (χ0n) is 13.3. The van der Waals surface area contributed by atoms with Crippen molar-refractivity contribution < 1.29 is 18.7 Å². The number of hydrogen-bond acceptors (Lipinski definition) is 3. The molecule has 1 aromatic heterocycles. The predicted molar refractivity (Wildman–Crippen MR) is 86.0 cm³/mol. The molecule has 1 heterocycles. The smallest absolute Gasteiger partial charge is 0.355 e. The van der Waals surface area contributed by atoms with Crippen LogP contribution in [-0.2, 0) is 4.74 Å². The number of halogens is 1. The van der Waals surface area contributed by atoms with Crippen LogP contribution < -0.4 is 0 Å². The van der Waals surface area contributed by atoms with Crippen LogP contribution in [0.3, 0.4) is 0 Å². The molecule has 0 aliphatic heterocycles. The summed E-state index contributed by atoms with van der Waals surface area (Å²) in [5.74, 6) is -1.10. The molecule has 0 amide bonds. The van der Waals surface area contributed by atoms with Crippen molar-refractivity contribution >= 4 is 17.8 Å². The quantitative estimate of drug-likeness (QED) is 0.518. The fourth-order valence-corrected chi connectivity index (χ4v) is 2.39. The van der Waals surface area contributed by atoms with Gasteiger partial charge in [0.25, 0.3) is 0 Å². The SMILES string of the molecule is CCOC(=O)c1[nH]c(C)c(C(=O)/C=C/c2cccc(F)c2)c1C. The number of ether oxygens (including phenoxy) is 1. The second kappa shape index (κ2) is 7.05. The molecule has 0 atom stereocenters. The van der Waals surface area contributed by atoms with Crippen molar-refractivity contribution in [2.45, 2.75) is 20.8 Å². The van der Waals surface area contributed by atoms with Gasteiger partial charge in [-0.15, -0.1) is 0 Å². The van der Waals surface area contributed by atoms with E-state index >= 15 is 0 Å². The van der Waals surface area contributed by atoms with Gasteiger partial charge in [-0.1, -0.05) is 18.2 Å². The van der Waals surface area contributed by atoms with Crippen LogP contribution in [0.4, 0.5) is 4.39 Å². The molecule has 0 bridgehead atoms. The van der Waals surface area contributed by atoms with Gasteiger partial charge in [0.1, 0.15) is 11.5 Å². The van der Waals surface area contributed by atoms with Crippen LogP contribution in [0.5, 0.6) is 0 Å². The van der Waals surface area contributed by atoms with Crippen molar-refractivity contribution in [3.8, 4) is 0 Å². The highest BCUT2D eigenvalue weighted by molar-refractivity contribution is 6.10. The Bertz CT molecular complexity index is 775. The molecule has 2 rings (SSSR count). The molecule has 0 fully saturated rings. The molecular weight excluding hydrogens is 297 g/mol. The summed E-state index contributed by atoms with van der Waals surface area (Å²) in [6, 6.07) is 5.95. The Labute approximate surface area is 134 Å². The number of hydrogen-bond donors (Lipinski definition) is 1. The van der Waals surface area contributed by atoms with Gasteiger partial charge in [0, 0.05) is 11.3 Å². The average molecular weight is 315 g/mol. The third kappa shape index (κ3) is 3.74. The van der Waals surface area contributed by atoms with E-state index in [0.717, 1.165) is 0 Å². The Morgan fingerprint density at radius 3 is 2.70 bits per heavy atom. The molecule has 0 saturated heterocycles. The van der Waals surface area contributed by atoms with Crippen LogP contribution in [0.25, 0.3) is 6.08 Å². The number of benzene rings is 1. The Morgan fingerprint density at radius 2 is 2.04 bits per heavy atom. The molecule has 5 heteroatoms. The summed E-state index contributed by atoms with van der Waals surface area (Å²) in [6.45, 7) is 5.40. The van der Waals surface area contributed by atoms with E-state index in [1.165, 1.54) is 18.2 Å². The first-order valence-corrected chi connectivity index (χ1v) is 7.28. The van der Waals surface area contributed by atoms with E-state index in [1.54, 1.807) is 39.0 Å². The fraction of sp³-hybridized carbons (Fsp3) is 0.222. The molecule has 0 unspecified atom stereocenters. The highest BCUT2D eigenvalue weighted by Gasteiger charge is 2.21. The molecule has 0 aliphatic rings. The van der Waals surface area contributed by atoms with E-state index < -0.39 is 5.97 Å². The summed E-state index contributed by atoms with van der Waals surface area (Å²) in [7, 11) is 0. The third-order valence-electron chi connectivity index (χ3n) is 3.44. The minimum absolute atomic E-state index is 0.254.